The molecule has 0 fully saturated rings. The number of aliphatic hydroxyl groups is 1. The maximum absolute atomic E-state index is 9.64. The summed E-state index contributed by atoms with van der Waals surface area (Å²) in [4.78, 5) is 0. The SMILES string of the molecule is CC(C)=CCC/C(C)=C/CC/C(=C/CC/C(C)=C/CO[Si](C)(C)C(C)(C)C)CO. The highest BCUT2D eigenvalue weighted by molar-refractivity contribution is 6.74. The second-order valence-electron chi connectivity index (χ2n) is 10.1. The Balaban J connectivity index is 4.34. The van der Waals surface area contributed by atoms with Gasteiger partial charge in [0, 0.05) is 0 Å². The van der Waals surface area contributed by atoms with Gasteiger partial charge in [0.1, 0.15) is 0 Å². The maximum atomic E-state index is 9.64. The molecule has 0 atom stereocenters. The molecule has 3 heteroatoms. The molecule has 0 spiro atoms. The largest absolute Gasteiger partial charge is 0.413 e. The molecule has 0 radical (unpaired) electrons. The van der Waals surface area contributed by atoms with E-state index in [9.17, 15) is 5.11 Å². The van der Waals surface area contributed by atoms with E-state index in [1.165, 1.54) is 16.7 Å². The summed E-state index contributed by atoms with van der Waals surface area (Å²) in [6, 6.07) is 0. The number of aliphatic hydroxyl groups excluding tert-OH is 1. The quantitative estimate of drug-likeness (QED) is 0.241. The first kappa shape index (κ1) is 28.1. The van der Waals surface area contributed by atoms with Crippen molar-refractivity contribution in [2.24, 2.45) is 0 Å². The van der Waals surface area contributed by atoms with Crippen LogP contribution < -0.4 is 0 Å². The van der Waals surface area contributed by atoms with Gasteiger partial charge in [0.25, 0.3) is 0 Å². The average Bonchev–Trinajstić information content (AvgIpc) is 2.58. The molecule has 0 saturated carbocycles. The lowest BCUT2D eigenvalue weighted by Crippen LogP contribution is -2.40. The van der Waals surface area contributed by atoms with Crippen molar-refractivity contribution in [2.45, 2.75) is 105 Å². The van der Waals surface area contributed by atoms with Crippen LogP contribution in [0, 0.1) is 0 Å². The first-order valence-corrected chi connectivity index (χ1v) is 14.2. The molecule has 0 aliphatic carbocycles. The molecule has 168 valence electrons. The highest BCUT2D eigenvalue weighted by Gasteiger charge is 2.36. The molecule has 0 amide bonds. The summed E-state index contributed by atoms with van der Waals surface area (Å²) >= 11 is 0. The number of allylic oxidation sites excluding steroid dienone is 6. The fourth-order valence-corrected chi connectivity index (χ4v) is 3.59. The predicted octanol–water partition coefficient (Wildman–Crippen LogP) is 8.13. The topological polar surface area (TPSA) is 29.5 Å². The molecular weight excluding hydrogens is 372 g/mol. The van der Waals surface area contributed by atoms with Crippen molar-refractivity contribution in [3.05, 3.63) is 46.6 Å². The van der Waals surface area contributed by atoms with E-state index in [1.807, 2.05) is 0 Å². The summed E-state index contributed by atoms with van der Waals surface area (Å²) < 4.78 is 6.23. The van der Waals surface area contributed by atoms with Gasteiger partial charge >= 0.3 is 0 Å². The smallest absolute Gasteiger partial charge is 0.192 e. The fraction of sp³-hybridized carbons (Fsp3) is 0.692. The number of rotatable bonds is 13. The molecular formula is C26H48O2Si. The minimum absolute atomic E-state index is 0.169. The van der Waals surface area contributed by atoms with Crippen molar-refractivity contribution in [2.75, 3.05) is 13.2 Å². The lowest BCUT2D eigenvalue weighted by Gasteiger charge is -2.35. The Morgan fingerprint density at radius 3 is 1.83 bits per heavy atom. The van der Waals surface area contributed by atoms with Crippen LogP contribution in [0.4, 0.5) is 0 Å². The monoisotopic (exact) mass is 420 g/mol. The van der Waals surface area contributed by atoms with Gasteiger partial charge in [0.2, 0.25) is 0 Å². The molecule has 0 saturated heterocycles. The predicted molar refractivity (Wildman–Crippen MR) is 133 cm³/mol. The lowest BCUT2D eigenvalue weighted by molar-refractivity contribution is 0.325. The fourth-order valence-electron chi connectivity index (χ4n) is 2.66. The molecule has 1 N–H and O–H groups in total. The van der Waals surface area contributed by atoms with Crippen LogP contribution in [-0.4, -0.2) is 26.6 Å². The minimum atomic E-state index is -1.66. The third-order valence-electron chi connectivity index (χ3n) is 5.91. The minimum Gasteiger partial charge on any atom is -0.413 e. The molecule has 0 heterocycles. The van der Waals surface area contributed by atoms with Crippen molar-refractivity contribution < 1.29 is 9.53 Å². The number of hydrogen-bond acceptors (Lipinski definition) is 2. The lowest BCUT2D eigenvalue weighted by atomic mass is 10.0. The summed E-state index contributed by atoms with van der Waals surface area (Å²) in [5.41, 5.74) is 5.36. The van der Waals surface area contributed by atoms with Crippen molar-refractivity contribution in [3.8, 4) is 0 Å². The molecule has 0 aromatic rings. The zero-order valence-electron chi connectivity index (χ0n) is 20.8. The van der Waals surface area contributed by atoms with Crippen LogP contribution in [0.2, 0.25) is 18.1 Å². The first-order valence-electron chi connectivity index (χ1n) is 11.3. The molecule has 0 unspecified atom stereocenters. The summed E-state index contributed by atoms with van der Waals surface area (Å²) in [5, 5.41) is 9.90. The van der Waals surface area contributed by atoms with Crippen LogP contribution in [-0.2, 0) is 4.43 Å². The molecule has 29 heavy (non-hydrogen) atoms. The zero-order chi connectivity index (χ0) is 22.5. The van der Waals surface area contributed by atoms with Crippen LogP contribution >= 0.6 is 0 Å². The van der Waals surface area contributed by atoms with Gasteiger partial charge in [-0.2, -0.15) is 0 Å². The van der Waals surface area contributed by atoms with Crippen molar-refractivity contribution in [3.63, 3.8) is 0 Å². The Morgan fingerprint density at radius 2 is 1.31 bits per heavy atom. The Labute approximate surface area is 183 Å². The van der Waals surface area contributed by atoms with E-state index in [0.29, 0.717) is 0 Å². The standard InChI is InChI=1S/C26H48O2Si/c1-22(2)13-10-14-23(3)15-11-17-25(21-27)18-12-16-24(4)19-20-28-29(8,9)26(5,6)7/h13,15,18-19,27H,10-12,14,16-17,20-21H2,1-9H3/b23-15+,24-19+,25-18-. The van der Waals surface area contributed by atoms with Gasteiger partial charge in [-0.3, -0.25) is 0 Å². The Bertz CT molecular complexity index is 582. The molecule has 2 nitrogen and oxygen atoms in total. The summed E-state index contributed by atoms with van der Waals surface area (Å²) in [6.45, 7) is 21.0. The maximum Gasteiger partial charge on any atom is 0.192 e. The average molecular weight is 421 g/mol. The van der Waals surface area contributed by atoms with Crippen molar-refractivity contribution in [1.82, 2.24) is 0 Å². The van der Waals surface area contributed by atoms with Gasteiger partial charge < -0.3 is 9.53 Å². The van der Waals surface area contributed by atoms with Crippen molar-refractivity contribution >= 4 is 8.32 Å². The molecule has 0 aromatic heterocycles. The van der Waals surface area contributed by atoms with Gasteiger partial charge in [0.05, 0.1) is 13.2 Å². The van der Waals surface area contributed by atoms with Crippen LogP contribution in [0.3, 0.4) is 0 Å². The summed E-state index contributed by atoms with van der Waals surface area (Å²) in [7, 11) is -1.66. The van der Waals surface area contributed by atoms with Crippen LogP contribution in [0.25, 0.3) is 0 Å². The van der Waals surface area contributed by atoms with Crippen LogP contribution in [0.1, 0.15) is 87.0 Å². The number of hydrogen-bond donors (Lipinski definition) is 1. The second kappa shape index (κ2) is 14.2. The van der Waals surface area contributed by atoms with E-state index in [2.05, 4.69) is 85.9 Å². The first-order chi connectivity index (χ1) is 13.4. The normalized spacial score (nSPS) is 14.3. The van der Waals surface area contributed by atoms with E-state index in [-0.39, 0.29) is 11.6 Å². The van der Waals surface area contributed by atoms with Gasteiger partial charge in [-0.1, -0.05) is 61.8 Å². The van der Waals surface area contributed by atoms with E-state index in [0.717, 1.165) is 50.7 Å². The molecule has 0 aliphatic rings. The van der Waals surface area contributed by atoms with Gasteiger partial charge in [-0.25, -0.2) is 0 Å². The van der Waals surface area contributed by atoms with Gasteiger partial charge in [-0.15, -0.1) is 0 Å². The molecule has 0 rings (SSSR count). The van der Waals surface area contributed by atoms with E-state index < -0.39 is 8.32 Å². The van der Waals surface area contributed by atoms with Gasteiger partial charge in [-0.05, 0) is 89.9 Å². The summed E-state index contributed by atoms with van der Waals surface area (Å²) in [5.74, 6) is 0. The van der Waals surface area contributed by atoms with E-state index >= 15 is 0 Å². The highest BCUT2D eigenvalue weighted by Crippen LogP contribution is 2.36. The Morgan fingerprint density at radius 1 is 0.793 bits per heavy atom. The Hall–Kier alpha value is -0.903. The third kappa shape index (κ3) is 13.9. The molecule has 0 aliphatic heterocycles. The summed E-state index contributed by atoms with van der Waals surface area (Å²) in [6.07, 6.45) is 15.3. The van der Waals surface area contributed by atoms with E-state index in [1.54, 1.807) is 0 Å². The molecule has 0 aromatic carbocycles. The Kier molecular flexibility index (Phi) is 13.7. The van der Waals surface area contributed by atoms with Crippen LogP contribution in [0.5, 0.6) is 0 Å². The van der Waals surface area contributed by atoms with Gasteiger partial charge in [0.15, 0.2) is 8.32 Å². The second-order valence-corrected chi connectivity index (χ2v) is 14.9. The highest BCUT2D eigenvalue weighted by atomic mass is 28.4. The van der Waals surface area contributed by atoms with Crippen molar-refractivity contribution in [1.29, 1.82) is 0 Å². The molecule has 0 bridgehead atoms. The zero-order valence-corrected chi connectivity index (χ0v) is 21.8. The third-order valence-corrected chi connectivity index (χ3v) is 10.4. The van der Waals surface area contributed by atoms with Crippen LogP contribution in [0.15, 0.2) is 46.6 Å². The van der Waals surface area contributed by atoms with E-state index in [4.69, 9.17) is 4.43 Å².